The van der Waals surface area contributed by atoms with E-state index in [0.29, 0.717) is 24.8 Å². The van der Waals surface area contributed by atoms with Crippen LogP contribution in [0.4, 0.5) is 11.6 Å². The Morgan fingerprint density at radius 1 is 0.702 bits per heavy atom. The second kappa shape index (κ2) is 16.3. The van der Waals surface area contributed by atoms with E-state index in [1.807, 2.05) is 36.4 Å². The zero-order valence-electron chi connectivity index (χ0n) is 26.6. The van der Waals surface area contributed by atoms with Crippen molar-refractivity contribution in [1.29, 1.82) is 0 Å². The fourth-order valence-corrected chi connectivity index (χ4v) is 5.37. The molecule has 47 heavy (non-hydrogen) atoms. The van der Waals surface area contributed by atoms with Crippen LogP contribution in [0, 0.1) is 0 Å². The molecule has 0 bridgehead atoms. The fourth-order valence-electron chi connectivity index (χ4n) is 5.37. The van der Waals surface area contributed by atoms with Gasteiger partial charge in [0.2, 0.25) is 5.88 Å². The molecule has 0 saturated carbocycles. The second-order valence-electron chi connectivity index (χ2n) is 10.5. The predicted octanol–water partition coefficient (Wildman–Crippen LogP) is 9.79. The first kappa shape index (κ1) is 32.3. The highest BCUT2D eigenvalue weighted by atomic mass is 16.3. The smallest absolute Gasteiger partial charge is 0.244 e. The molecule has 0 atom stereocenters. The molecule has 0 aliphatic carbocycles. The maximum absolute atomic E-state index is 4.84. The van der Waals surface area contributed by atoms with Gasteiger partial charge in [-0.3, -0.25) is 15.0 Å². The molecule has 2 heterocycles. The lowest BCUT2D eigenvalue weighted by atomic mass is 10.0. The summed E-state index contributed by atoms with van der Waals surface area (Å²) in [6.07, 6.45) is 1.49. The summed E-state index contributed by atoms with van der Waals surface area (Å²) < 4.78 is 7.07. The Balaban J connectivity index is 0.000000148. The molecule has 0 saturated heterocycles. The number of aliphatic imine (C=N–C) groups is 4. The first-order valence-corrected chi connectivity index (χ1v) is 15.4. The Morgan fingerprint density at radius 3 is 2.06 bits per heavy atom. The van der Waals surface area contributed by atoms with Crippen molar-refractivity contribution in [3.8, 4) is 0 Å². The third-order valence-corrected chi connectivity index (χ3v) is 7.50. The van der Waals surface area contributed by atoms with Gasteiger partial charge in [0, 0.05) is 28.9 Å². The summed E-state index contributed by atoms with van der Waals surface area (Å²) in [6.45, 7) is 14.5. The monoisotopic (exact) mass is 618 g/mol. The summed E-state index contributed by atoms with van der Waals surface area (Å²) in [7, 11) is 0. The molecule has 0 aliphatic rings. The Labute approximate surface area is 275 Å². The second-order valence-corrected chi connectivity index (χ2v) is 10.5. The number of rotatable bonds is 8. The fraction of sp³-hybridized carbons (Fsp3) is 0.100. The molecule has 1 N–H and O–H groups in total. The van der Waals surface area contributed by atoms with Gasteiger partial charge in [-0.15, -0.1) is 0 Å². The molecule has 234 valence electrons. The molecule has 7 rings (SSSR count). The van der Waals surface area contributed by atoms with Crippen LogP contribution in [0.25, 0.3) is 32.6 Å². The number of para-hydroxylation sites is 1. The maximum Gasteiger partial charge on any atom is 0.244 e. The maximum atomic E-state index is 4.84. The van der Waals surface area contributed by atoms with Gasteiger partial charge in [-0.05, 0) is 55.5 Å². The minimum Gasteiger partial charge on any atom is -0.445 e. The van der Waals surface area contributed by atoms with E-state index in [0.717, 1.165) is 17.9 Å². The molecule has 7 nitrogen and oxygen atoms in total. The summed E-state index contributed by atoms with van der Waals surface area (Å²) in [5.74, 6) is 1.38. The number of nitrogens with zero attached hydrogens (tertiary/aromatic N) is 5. The van der Waals surface area contributed by atoms with Gasteiger partial charge in [-0.2, -0.15) is 0 Å². The number of nitrogens with one attached hydrogen (secondary N) is 1. The Kier molecular flexibility index (Phi) is 11.2. The van der Waals surface area contributed by atoms with Gasteiger partial charge in [-0.1, -0.05) is 109 Å². The third kappa shape index (κ3) is 7.78. The highest BCUT2D eigenvalue weighted by Gasteiger charge is 2.12. The van der Waals surface area contributed by atoms with Crippen molar-refractivity contribution in [1.82, 2.24) is 9.88 Å². The molecule has 0 amide bonds. The van der Waals surface area contributed by atoms with Crippen LogP contribution in [0.15, 0.2) is 158 Å². The number of benzene rings is 5. The van der Waals surface area contributed by atoms with Crippen molar-refractivity contribution in [2.45, 2.75) is 20.1 Å². The molecule has 7 aromatic rings. The van der Waals surface area contributed by atoms with Gasteiger partial charge in [0.05, 0.1) is 23.8 Å². The minimum absolute atomic E-state index is 0.421. The van der Waals surface area contributed by atoms with Crippen molar-refractivity contribution in [2.24, 2.45) is 20.0 Å². The van der Waals surface area contributed by atoms with E-state index in [4.69, 9.17) is 4.42 Å². The van der Waals surface area contributed by atoms with Crippen molar-refractivity contribution >= 4 is 70.1 Å². The summed E-state index contributed by atoms with van der Waals surface area (Å²) in [5.41, 5.74) is 5.42. The lowest BCUT2D eigenvalue weighted by Crippen LogP contribution is -2.24. The van der Waals surface area contributed by atoms with Gasteiger partial charge in [0.25, 0.3) is 0 Å². The van der Waals surface area contributed by atoms with Gasteiger partial charge in [0.15, 0.2) is 0 Å². The van der Waals surface area contributed by atoms with E-state index in [-0.39, 0.29) is 0 Å². The SMILES string of the molecule is C=NCn1c2ccccc2c2c3ccccc3ccc21.C=Nc1ccoc1N=C.CCNC(=NCc1ccccc1)c1ccccc1. The van der Waals surface area contributed by atoms with Gasteiger partial charge in [0.1, 0.15) is 18.2 Å². The summed E-state index contributed by atoms with van der Waals surface area (Å²) >= 11 is 0. The number of amidine groups is 1. The van der Waals surface area contributed by atoms with E-state index in [1.165, 1.54) is 44.4 Å². The van der Waals surface area contributed by atoms with Gasteiger partial charge < -0.3 is 14.3 Å². The normalized spacial score (nSPS) is 10.9. The standard InChI is InChI=1S/C18H14N2.C16H18N2.C6H6N2O/c1-19-12-20-16-9-5-4-8-15(16)18-14-7-3-2-6-13(14)10-11-17(18)20;1-2-17-16(15-11-7-4-8-12-15)18-13-14-9-5-3-6-10-14;1-7-5-3-4-9-6(5)8-2/h2-11H,1,12H2;3-12H,2,13H2,1H3,(H,17,18);3-4H,1-2H2. The lowest BCUT2D eigenvalue weighted by Gasteiger charge is -2.08. The molecule has 7 heteroatoms. The first-order valence-electron chi connectivity index (χ1n) is 15.4. The number of hydrogen-bond donors (Lipinski definition) is 1. The average Bonchev–Trinajstić information content (AvgIpc) is 3.74. The summed E-state index contributed by atoms with van der Waals surface area (Å²) in [4.78, 5) is 15.9. The molecular weight excluding hydrogens is 580 g/mol. The van der Waals surface area contributed by atoms with Crippen molar-refractivity contribution in [2.75, 3.05) is 6.54 Å². The van der Waals surface area contributed by atoms with E-state index >= 15 is 0 Å². The lowest BCUT2D eigenvalue weighted by molar-refractivity contribution is 0.579. The molecule has 0 radical (unpaired) electrons. The first-order chi connectivity index (χ1) is 23.2. The minimum atomic E-state index is 0.421. The van der Waals surface area contributed by atoms with E-state index in [2.05, 4.69) is 142 Å². The zero-order valence-corrected chi connectivity index (χ0v) is 26.6. The molecule has 0 unspecified atom stereocenters. The Hall–Kier alpha value is -6.08. The molecule has 0 spiro atoms. The molecule has 5 aromatic carbocycles. The van der Waals surface area contributed by atoms with Crippen LogP contribution in [-0.4, -0.2) is 37.1 Å². The van der Waals surface area contributed by atoms with Crippen molar-refractivity contribution < 1.29 is 4.42 Å². The van der Waals surface area contributed by atoms with Crippen molar-refractivity contribution in [3.63, 3.8) is 0 Å². The molecule has 0 fully saturated rings. The summed E-state index contributed by atoms with van der Waals surface area (Å²) in [6, 6.07) is 43.6. The quantitative estimate of drug-likeness (QED) is 0.136. The van der Waals surface area contributed by atoms with E-state index < -0.39 is 0 Å². The van der Waals surface area contributed by atoms with E-state index in [9.17, 15) is 0 Å². The predicted molar refractivity (Wildman–Crippen MR) is 200 cm³/mol. The Bertz CT molecular complexity index is 2090. The van der Waals surface area contributed by atoms with Crippen LogP contribution in [0.2, 0.25) is 0 Å². The zero-order chi connectivity index (χ0) is 32.8. The van der Waals surface area contributed by atoms with Crippen LogP contribution < -0.4 is 5.32 Å². The highest BCUT2D eigenvalue weighted by molar-refractivity contribution is 6.20. The molecular formula is C40H38N6O. The van der Waals surface area contributed by atoms with Crippen LogP contribution in [0.3, 0.4) is 0 Å². The van der Waals surface area contributed by atoms with Crippen molar-refractivity contribution in [3.05, 3.63) is 145 Å². The van der Waals surface area contributed by atoms with Crippen LogP contribution in [-0.2, 0) is 13.2 Å². The summed E-state index contributed by atoms with van der Waals surface area (Å²) in [5, 5.41) is 8.48. The highest BCUT2D eigenvalue weighted by Crippen LogP contribution is 2.34. The number of fused-ring (bicyclic) bond motifs is 5. The average molecular weight is 619 g/mol. The largest absolute Gasteiger partial charge is 0.445 e. The van der Waals surface area contributed by atoms with Crippen LogP contribution in [0.1, 0.15) is 18.1 Å². The van der Waals surface area contributed by atoms with Crippen LogP contribution >= 0.6 is 0 Å². The third-order valence-electron chi connectivity index (χ3n) is 7.50. The number of aromatic nitrogens is 1. The van der Waals surface area contributed by atoms with E-state index in [1.54, 1.807) is 6.07 Å². The topological polar surface area (TPSA) is 79.5 Å². The van der Waals surface area contributed by atoms with Crippen LogP contribution in [0.5, 0.6) is 0 Å². The number of hydrogen-bond acceptors (Lipinski definition) is 5. The van der Waals surface area contributed by atoms with Gasteiger partial charge in [-0.25, -0.2) is 4.99 Å². The molecule has 2 aromatic heterocycles. The number of furan rings is 1. The molecule has 0 aliphatic heterocycles. The Morgan fingerprint density at radius 2 is 1.38 bits per heavy atom. The van der Waals surface area contributed by atoms with Gasteiger partial charge >= 0.3 is 0 Å².